The van der Waals surface area contributed by atoms with Crippen molar-refractivity contribution in [2.45, 2.75) is 6.54 Å². The van der Waals surface area contributed by atoms with Crippen LogP contribution in [0.3, 0.4) is 0 Å². The summed E-state index contributed by atoms with van der Waals surface area (Å²) in [6, 6.07) is 14.9. The number of pyridine rings is 1. The molecule has 0 fully saturated rings. The smallest absolute Gasteiger partial charge is 0.255 e. The number of ether oxygens (including phenoxy) is 1. The molecule has 5 nitrogen and oxygen atoms in total. The fraction of sp³-hybridized carbons (Fsp3) is 0.111. The highest BCUT2D eigenvalue weighted by atomic mass is 32.1. The molecule has 2 N–H and O–H groups in total. The molecule has 2 aromatic heterocycles. The van der Waals surface area contributed by atoms with E-state index in [0.717, 1.165) is 10.6 Å². The van der Waals surface area contributed by atoms with Crippen molar-refractivity contribution >= 4 is 28.7 Å². The molecule has 0 radical (unpaired) electrons. The molecule has 0 aliphatic rings. The van der Waals surface area contributed by atoms with Crippen LogP contribution in [0.1, 0.15) is 15.2 Å². The fourth-order valence-electron chi connectivity index (χ4n) is 2.24. The average Bonchev–Trinajstić information content (AvgIpc) is 3.14. The van der Waals surface area contributed by atoms with Gasteiger partial charge in [-0.15, -0.1) is 11.3 Å². The molecular weight excluding hydrogens is 322 g/mol. The van der Waals surface area contributed by atoms with Crippen LogP contribution in [0.4, 0.5) is 11.5 Å². The number of benzene rings is 1. The van der Waals surface area contributed by atoms with Gasteiger partial charge in [0.05, 0.1) is 24.9 Å². The second kappa shape index (κ2) is 7.61. The van der Waals surface area contributed by atoms with Gasteiger partial charge in [-0.3, -0.25) is 4.79 Å². The first-order chi connectivity index (χ1) is 11.8. The molecular formula is C18H17N3O2S. The van der Waals surface area contributed by atoms with Crippen LogP contribution in [0, 0.1) is 0 Å². The Labute approximate surface area is 144 Å². The van der Waals surface area contributed by atoms with Gasteiger partial charge in [-0.25, -0.2) is 4.98 Å². The van der Waals surface area contributed by atoms with Crippen LogP contribution >= 0.6 is 11.3 Å². The number of para-hydroxylation sites is 2. The normalized spacial score (nSPS) is 10.2. The summed E-state index contributed by atoms with van der Waals surface area (Å²) < 4.78 is 5.32. The van der Waals surface area contributed by atoms with E-state index < -0.39 is 0 Å². The van der Waals surface area contributed by atoms with Gasteiger partial charge in [0.2, 0.25) is 0 Å². The highest BCUT2D eigenvalue weighted by Gasteiger charge is 2.13. The van der Waals surface area contributed by atoms with E-state index in [4.69, 9.17) is 4.74 Å². The Morgan fingerprint density at radius 3 is 2.83 bits per heavy atom. The number of nitrogens with one attached hydrogen (secondary N) is 2. The molecule has 0 atom stereocenters. The molecule has 2 heterocycles. The number of thiophene rings is 1. The number of rotatable bonds is 6. The Bertz CT molecular complexity index is 819. The van der Waals surface area contributed by atoms with E-state index in [9.17, 15) is 4.79 Å². The molecule has 0 aliphatic carbocycles. The molecule has 3 rings (SSSR count). The first-order valence-electron chi connectivity index (χ1n) is 7.43. The van der Waals surface area contributed by atoms with E-state index in [1.807, 2.05) is 41.8 Å². The third-order valence-electron chi connectivity index (χ3n) is 3.42. The molecule has 0 saturated heterocycles. The standard InChI is InChI=1S/C18H17N3O2S/c1-23-16-9-3-2-8-15(16)21-17-14(7-4-10-19-17)18(22)20-12-13-6-5-11-24-13/h2-11H,12H2,1H3,(H,19,21)(H,20,22). The highest BCUT2D eigenvalue weighted by Crippen LogP contribution is 2.27. The quantitative estimate of drug-likeness (QED) is 0.716. The predicted molar refractivity (Wildman–Crippen MR) is 96.0 cm³/mol. The lowest BCUT2D eigenvalue weighted by molar-refractivity contribution is 0.0952. The molecule has 1 amide bonds. The maximum atomic E-state index is 12.5. The summed E-state index contributed by atoms with van der Waals surface area (Å²) in [6.07, 6.45) is 1.65. The summed E-state index contributed by atoms with van der Waals surface area (Å²) in [7, 11) is 1.60. The van der Waals surface area contributed by atoms with Crippen molar-refractivity contribution in [3.8, 4) is 5.75 Å². The zero-order valence-corrected chi connectivity index (χ0v) is 14.0. The van der Waals surface area contributed by atoms with Crippen molar-refractivity contribution in [2.24, 2.45) is 0 Å². The molecule has 3 aromatic rings. The van der Waals surface area contributed by atoms with Crippen LogP contribution in [0.2, 0.25) is 0 Å². The maximum absolute atomic E-state index is 12.5. The number of hydrogen-bond acceptors (Lipinski definition) is 5. The Morgan fingerprint density at radius 1 is 1.17 bits per heavy atom. The van der Waals surface area contributed by atoms with E-state index in [-0.39, 0.29) is 5.91 Å². The van der Waals surface area contributed by atoms with Gasteiger partial charge in [0.1, 0.15) is 11.6 Å². The molecule has 0 spiro atoms. The van der Waals surface area contributed by atoms with Gasteiger partial charge in [0.15, 0.2) is 0 Å². The maximum Gasteiger partial charge on any atom is 0.255 e. The van der Waals surface area contributed by atoms with E-state index >= 15 is 0 Å². The third kappa shape index (κ3) is 3.72. The first kappa shape index (κ1) is 16.0. The second-order valence-corrected chi connectivity index (χ2v) is 6.02. The predicted octanol–water partition coefficient (Wildman–Crippen LogP) is 3.83. The van der Waals surface area contributed by atoms with Crippen molar-refractivity contribution in [3.05, 3.63) is 70.5 Å². The third-order valence-corrected chi connectivity index (χ3v) is 4.29. The summed E-state index contributed by atoms with van der Waals surface area (Å²) >= 11 is 1.61. The average molecular weight is 339 g/mol. The number of aromatic nitrogens is 1. The molecule has 0 unspecified atom stereocenters. The number of hydrogen-bond donors (Lipinski definition) is 2. The lowest BCUT2D eigenvalue weighted by Gasteiger charge is -2.13. The van der Waals surface area contributed by atoms with E-state index in [1.165, 1.54) is 0 Å². The van der Waals surface area contributed by atoms with Gasteiger partial charge in [0.25, 0.3) is 5.91 Å². The molecule has 0 saturated carbocycles. The summed E-state index contributed by atoms with van der Waals surface area (Å²) in [5.41, 5.74) is 1.24. The number of nitrogens with zero attached hydrogens (tertiary/aromatic N) is 1. The molecule has 1 aromatic carbocycles. The van der Waals surface area contributed by atoms with Crippen LogP contribution < -0.4 is 15.4 Å². The van der Waals surface area contributed by atoms with Crippen LogP contribution in [0.5, 0.6) is 5.75 Å². The number of carbonyl (C=O) groups is 1. The zero-order chi connectivity index (χ0) is 16.8. The van der Waals surface area contributed by atoms with Crippen LogP contribution in [-0.4, -0.2) is 18.0 Å². The Morgan fingerprint density at radius 2 is 2.04 bits per heavy atom. The summed E-state index contributed by atoms with van der Waals surface area (Å²) in [5, 5.41) is 8.07. The van der Waals surface area contributed by atoms with E-state index in [0.29, 0.717) is 23.7 Å². The number of methoxy groups -OCH3 is 1. The molecule has 122 valence electrons. The lowest BCUT2D eigenvalue weighted by atomic mass is 10.2. The van der Waals surface area contributed by atoms with Crippen LogP contribution in [-0.2, 0) is 6.54 Å². The number of carbonyl (C=O) groups excluding carboxylic acids is 1. The molecule has 0 aliphatic heterocycles. The summed E-state index contributed by atoms with van der Waals surface area (Å²) in [5.74, 6) is 1.01. The van der Waals surface area contributed by atoms with E-state index in [2.05, 4.69) is 15.6 Å². The molecule has 24 heavy (non-hydrogen) atoms. The Hall–Kier alpha value is -2.86. The number of anilines is 2. The van der Waals surface area contributed by atoms with Gasteiger partial charge in [-0.2, -0.15) is 0 Å². The molecule has 6 heteroatoms. The fourth-order valence-corrected chi connectivity index (χ4v) is 2.88. The minimum absolute atomic E-state index is 0.172. The van der Waals surface area contributed by atoms with Crippen molar-refractivity contribution in [1.29, 1.82) is 0 Å². The minimum Gasteiger partial charge on any atom is -0.495 e. The number of amides is 1. The topological polar surface area (TPSA) is 63.2 Å². The minimum atomic E-state index is -0.172. The van der Waals surface area contributed by atoms with Crippen LogP contribution in [0.15, 0.2) is 60.1 Å². The SMILES string of the molecule is COc1ccccc1Nc1ncccc1C(=O)NCc1cccs1. The molecule has 0 bridgehead atoms. The van der Waals surface area contributed by atoms with Crippen molar-refractivity contribution in [3.63, 3.8) is 0 Å². The Balaban J connectivity index is 1.78. The zero-order valence-electron chi connectivity index (χ0n) is 13.2. The largest absolute Gasteiger partial charge is 0.495 e. The summed E-state index contributed by atoms with van der Waals surface area (Å²) in [6.45, 7) is 0.499. The van der Waals surface area contributed by atoms with Crippen LogP contribution in [0.25, 0.3) is 0 Å². The van der Waals surface area contributed by atoms with Gasteiger partial charge >= 0.3 is 0 Å². The Kier molecular flexibility index (Phi) is 5.08. The van der Waals surface area contributed by atoms with Crippen molar-refractivity contribution in [1.82, 2.24) is 10.3 Å². The van der Waals surface area contributed by atoms with Gasteiger partial charge in [-0.1, -0.05) is 18.2 Å². The monoisotopic (exact) mass is 339 g/mol. The van der Waals surface area contributed by atoms with Gasteiger partial charge in [-0.05, 0) is 35.7 Å². The lowest BCUT2D eigenvalue weighted by Crippen LogP contribution is -2.23. The second-order valence-electron chi connectivity index (χ2n) is 4.99. The van der Waals surface area contributed by atoms with Gasteiger partial charge in [0, 0.05) is 11.1 Å². The summed E-state index contributed by atoms with van der Waals surface area (Å²) in [4.78, 5) is 17.9. The first-order valence-corrected chi connectivity index (χ1v) is 8.31. The van der Waals surface area contributed by atoms with E-state index in [1.54, 1.807) is 36.8 Å². The highest BCUT2D eigenvalue weighted by molar-refractivity contribution is 7.09. The van der Waals surface area contributed by atoms with Gasteiger partial charge < -0.3 is 15.4 Å². The van der Waals surface area contributed by atoms with Crippen molar-refractivity contribution < 1.29 is 9.53 Å². The van der Waals surface area contributed by atoms with Crippen molar-refractivity contribution in [2.75, 3.05) is 12.4 Å².